The number of fused-ring (bicyclic) bond motifs is 1. The first-order valence-electron chi connectivity index (χ1n) is 11.5. The number of hydrogen-bond acceptors (Lipinski definition) is 5. The van der Waals surface area contributed by atoms with Crippen molar-refractivity contribution in [1.82, 2.24) is 8.87 Å². The Morgan fingerprint density at radius 3 is 2.29 bits per heavy atom. The second-order valence-corrected chi connectivity index (χ2v) is 12.5. The number of para-hydroxylation sites is 1. The third kappa shape index (κ3) is 6.59. The van der Waals surface area contributed by atoms with Crippen LogP contribution in [0.1, 0.15) is 38.1 Å². The van der Waals surface area contributed by atoms with Gasteiger partial charge in [-0.25, -0.2) is 8.42 Å². The van der Waals surface area contributed by atoms with Crippen molar-refractivity contribution in [3.05, 3.63) is 57.9 Å². The van der Waals surface area contributed by atoms with Gasteiger partial charge in [-0.15, -0.1) is 0 Å². The second-order valence-electron chi connectivity index (χ2n) is 9.17. The van der Waals surface area contributed by atoms with Gasteiger partial charge in [-0.05, 0) is 48.2 Å². The number of hydrogen-bond donors (Lipinski definition) is 0. The van der Waals surface area contributed by atoms with Crippen LogP contribution in [0.5, 0.6) is 0 Å². The Balaban J connectivity index is 1.95. The van der Waals surface area contributed by atoms with Crippen molar-refractivity contribution in [2.24, 2.45) is 16.8 Å². The number of halogens is 1. The van der Waals surface area contributed by atoms with Crippen LogP contribution in [0.2, 0.25) is 5.02 Å². The van der Waals surface area contributed by atoms with E-state index in [0.717, 1.165) is 10.2 Å². The average Bonchev–Trinajstić information content (AvgIpc) is 3.14. The smallest absolute Gasteiger partial charge is 0.279 e. The zero-order valence-corrected chi connectivity index (χ0v) is 23.1. The minimum absolute atomic E-state index is 0.166. The minimum atomic E-state index is -3.67. The number of sulfonamides is 1. The largest absolute Gasteiger partial charge is 0.383 e. The third-order valence-corrected chi connectivity index (χ3v) is 8.44. The molecule has 35 heavy (non-hydrogen) atoms. The summed E-state index contributed by atoms with van der Waals surface area (Å²) in [5.74, 6) is -0.0606. The molecule has 1 amide bonds. The number of thiazole rings is 1. The Kier molecular flexibility index (Phi) is 9.28. The maximum atomic E-state index is 13.2. The number of carbonyl (C=O) groups excluding carboxylic acids is 1. The van der Waals surface area contributed by atoms with Crippen LogP contribution in [0.3, 0.4) is 0 Å². The summed E-state index contributed by atoms with van der Waals surface area (Å²) in [5, 5.41) is 0.575. The van der Waals surface area contributed by atoms with Crippen LogP contribution in [0, 0.1) is 11.8 Å². The Morgan fingerprint density at radius 1 is 1.09 bits per heavy atom. The molecule has 3 aromatic rings. The number of ether oxygens (including phenoxy) is 1. The molecule has 0 aliphatic carbocycles. The van der Waals surface area contributed by atoms with Crippen molar-refractivity contribution in [3.63, 3.8) is 0 Å². The summed E-state index contributed by atoms with van der Waals surface area (Å²) >= 11 is 7.78. The number of nitrogens with zero attached hydrogens (tertiary/aromatic N) is 3. The molecule has 0 radical (unpaired) electrons. The number of carbonyl (C=O) groups is 1. The number of amides is 1. The Morgan fingerprint density at radius 2 is 1.71 bits per heavy atom. The monoisotopic (exact) mass is 537 g/mol. The van der Waals surface area contributed by atoms with E-state index in [1.54, 1.807) is 13.2 Å². The normalized spacial score (nSPS) is 13.0. The van der Waals surface area contributed by atoms with Crippen LogP contribution in [-0.2, 0) is 21.3 Å². The highest BCUT2D eigenvalue weighted by Gasteiger charge is 2.26. The van der Waals surface area contributed by atoms with Crippen molar-refractivity contribution < 1.29 is 17.9 Å². The Bertz CT molecular complexity index is 1330. The highest BCUT2D eigenvalue weighted by Crippen LogP contribution is 2.25. The summed E-state index contributed by atoms with van der Waals surface area (Å²) in [7, 11) is -2.06. The van der Waals surface area contributed by atoms with Gasteiger partial charge in [0.2, 0.25) is 10.0 Å². The summed E-state index contributed by atoms with van der Waals surface area (Å²) < 4.78 is 36.0. The molecule has 3 rings (SSSR count). The van der Waals surface area contributed by atoms with E-state index in [4.69, 9.17) is 16.3 Å². The van der Waals surface area contributed by atoms with E-state index < -0.39 is 15.9 Å². The fourth-order valence-electron chi connectivity index (χ4n) is 3.72. The van der Waals surface area contributed by atoms with Gasteiger partial charge in [0.25, 0.3) is 5.91 Å². The fraction of sp³-hybridized carbons (Fsp3) is 0.440. The summed E-state index contributed by atoms with van der Waals surface area (Å²) in [4.78, 5) is 18.0. The summed E-state index contributed by atoms with van der Waals surface area (Å²) in [6.07, 6.45) is 0. The molecule has 0 bridgehead atoms. The first-order valence-corrected chi connectivity index (χ1v) is 14.1. The quantitative estimate of drug-likeness (QED) is 0.362. The molecular formula is C25H32ClN3O4S2. The van der Waals surface area contributed by atoms with Crippen LogP contribution >= 0.6 is 22.9 Å². The molecule has 0 saturated heterocycles. The Labute approximate surface area is 216 Å². The average molecular weight is 538 g/mol. The van der Waals surface area contributed by atoms with Crippen molar-refractivity contribution in [2.45, 2.75) is 39.1 Å². The van der Waals surface area contributed by atoms with Gasteiger partial charge in [0.15, 0.2) is 4.80 Å². The molecular weight excluding hydrogens is 506 g/mol. The SMILES string of the molecule is COCCn1c(=NC(=O)c2ccc(S(=O)(=O)N(CC(C)C)CC(C)C)cc2)sc2cccc(Cl)c21. The number of aromatic nitrogens is 1. The zero-order chi connectivity index (χ0) is 25.8. The van der Waals surface area contributed by atoms with Crippen molar-refractivity contribution in [3.8, 4) is 0 Å². The molecule has 2 aromatic carbocycles. The Hall–Kier alpha value is -2.04. The lowest BCUT2D eigenvalue weighted by Gasteiger charge is -2.25. The second kappa shape index (κ2) is 11.8. The molecule has 0 spiro atoms. The lowest BCUT2D eigenvalue weighted by Crippen LogP contribution is -2.37. The molecule has 0 unspecified atom stereocenters. The van der Waals surface area contributed by atoms with E-state index in [-0.39, 0.29) is 16.7 Å². The molecule has 190 valence electrons. The lowest BCUT2D eigenvalue weighted by atomic mass is 10.2. The van der Waals surface area contributed by atoms with E-state index in [0.29, 0.717) is 41.6 Å². The van der Waals surface area contributed by atoms with E-state index in [9.17, 15) is 13.2 Å². The van der Waals surface area contributed by atoms with Crippen LogP contribution < -0.4 is 4.80 Å². The standard InChI is InChI=1S/C25H32ClN3O4S2/c1-17(2)15-28(16-18(3)4)35(31,32)20-11-9-19(10-12-20)24(30)27-25-29(13-14-33-5)23-21(26)7-6-8-22(23)34-25/h6-12,17-18H,13-16H2,1-5H3. The van der Waals surface area contributed by atoms with Crippen molar-refractivity contribution >= 4 is 49.1 Å². The summed E-state index contributed by atoms with van der Waals surface area (Å²) in [6.45, 7) is 9.77. The summed E-state index contributed by atoms with van der Waals surface area (Å²) in [6, 6.07) is 11.6. The van der Waals surface area contributed by atoms with Crippen LogP contribution in [0.4, 0.5) is 0 Å². The molecule has 0 N–H and O–H groups in total. The number of methoxy groups -OCH3 is 1. The van der Waals surface area contributed by atoms with Gasteiger partial charge in [-0.3, -0.25) is 4.79 Å². The number of rotatable bonds is 10. The molecule has 1 aromatic heterocycles. The number of benzene rings is 2. The van der Waals surface area contributed by atoms with E-state index in [1.165, 1.54) is 39.9 Å². The topological polar surface area (TPSA) is 81.0 Å². The fourth-order valence-corrected chi connectivity index (χ4v) is 6.90. The summed E-state index contributed by atoms with van der Waals surface area (Å²) in [5.41, 5.74) is 1.12. The predicted molar refractivity (Wildman–Crippen MR) is 141 cm³/mol. The molecule has 0 aliphatic heterocycles. The maximum absolute atomic E-state index is 13.2. The highest BCUT2D eigenvalue weighted by molar-refractivity contribution is 7.89. The molecule has 0 aliphatic rings. The van der Waals surface area contributed by atoms with Crippen molar-refractivity contribution in [1.29, 1.82) is 0 Å². The van der Waals surface area contributed by atoms with Gasteiger partial charge in [-0.2, -0.15) is 9.30 Å². The molecule has 10 heteroatoms. The molecule has 0 atom stereocenters. The molecule has 0 fully saturated rings. The van der Waals surface area contributed by atoms with Crippen molar-refractivity contribution in [2.75, 3.05) is 26.8 Å². The first kappa shape index (κ1) is 27.5. The zero-order valence-electron chi connectivity index (χ0n) is 20.7. The molecule has 7 nitrogen and oxygen atoms in total. The molecule has 0 saturated carbocycles. The van der Waals surface area contributed by atoms with Gasteiger partial charge in [0, 0.05) is 32.3 Å². The maximum Gasteiger partial charge on any atom is 0.279 e. The van der Waals surface area contributed by atoms with Gasteiger partial charge in [-0.1, -0.05) is 56.7 Å². The lowest BCUT2D eigenvalue weighted by molar-refractivity contribution is 0.0997. The van der Waals surface area contributed by atoms with Crippen LogP contribution in [-0.4, -0.2) is 50.0 Å². The van der Waals surface area contributed by atoms with Gasteiger partial charge < -0.3 is 9.30 Å². The van der Waals surface area contributed by atoms with E-state index >= 15 is 0 Å². The van der Waals surface area contributed by atoms with E-state index in [2.05, 4.69) is 4.99 Å². The van der Waals surface area contributed by atoms with Gasteiger partial charge >= 0.3 is 0 Å². The first-order chi connectivity index (χ1) is 16.5. The highest BCUT2D eigenvalue weighted by atomic mass is 35.5. The van der Waals surface area contributed by atoms with Crippen LogP contribution in [0.15, 0.2) is 52.4 Å². The third-order valence-electron chi connectivity index (χ3n) is 5.24. The van der Waals surface area contributed by atoms with Gasteiger partial charge in [0.05, 0.1) is 26.7 Å². The van der Waals surface area contributed by atoms with Gasteiger partial charge in [0.1, 0.15) is 0 Å². The molecule has 1 heterocycles. The predicted octanol–water partition coefficient (Wildman–Crippen LogP) is 5.05. The van der Waals surface area contributed by atoms with Crippen LogP contribution in [0.25, 0.3) is 10.2 Å². The van der Waals surface area contributed by atoms with E-state index in [1.807, 2.05) is 44.4 Å². The minimum Gasteiger partial charge on any atom is -0.383 e.